The summed E-state index contributed by atoms with van der Waals surface area (Å²) < 4.78 is 16.5. The van der Waals surface area contributed by atoms with Crippen molar-refractivity contribution in [3.05, 3.63) is 59.8 Å². The predicted molar refractivity (Wildman–Crippen MR) is 189 cm³/mol. The van der Waals surface area contributed by atoms with Crippen LogP contribution in [0.2, 0.25) is 0 Å². The first-order chi connectivity index (χ1) is 22.1. The second kappa shape index (κ2) is 13.9. The van der Waals surface area contributed by atoms with Crippen LogP contribution in [0.5, 0.6) is 0 Å². The third kappa shape index (κ3) is 7.22. The van der Waals surface area contributed by atoms with E-state index in [1.54, 1.807) is 13.2 Å². The molecule has 3 aromatic rings. The number of nitrogens with one attached hydrogen (secondary N) is 2. The maximum Gasteiger partial charge on any atom is 0.223 e. The minimum absolute atomic E-state index is 0.0199. The lowest BCUT2D eigenvalue weighted by atomic mass is 9.57. The number of amides is 2. The molecular weight excluding hydrogens is 617 g/mol. The molecule has 1 aromatic heterocycles. The van der Waals surface area contributed by atoms with Crippen molar-refractivity contribution in [2.45, 2.75) is 58.0 Å². The molecule has 3 fully saturated rings. The van der Waals surface area contributed by atoms with Gasteiger partial charge in [0.05, 0.1) is 11.0 Å². The van der Waals surface area contributed by atoms with Crippen LogP contribution >= 0.6 is 12.2 Å². The Balaban J connectivity index is 1.12. The number of hydrogen-bond acceptors (Lipinski definition) is 5. The highest BCUT2D eigenvalue weighted by Gasteiger charge is 2.48. The predicted octanol–water partition coefficient (Wildman–Crippen LogP) is 4.12. The molecule has 46 heavy (non-hydrogen) atoms. The summed E-state index contributed by atoms with van der Waals surface area (Å²) >= 11 is 5.26. The van der Waals surface area contributed by atoms with E-state index in [9.17, 15) is 13.8 Å². The molecule has 246 valence electrons. The third-order valence-corrected chi connectivity index (χ3v) is 11.8. The molecule has 4 N–H and O–H groups in total. The second-order valence-corrected chi connectivity index (χ2v) is 15.3. The van der Waals surface area contributed by atoms with Crippen LogP contribution in [0.25, 0.3) is 22.0 Å². The second-order valence-electron chi connectivity index (χ2n) is 13.5. The van der Waals surface area contributed by atoms with Gasteiger partial charge in [-0.05, 0) is 80.3 Å². The van der Waals surface area contributed by atoms with E-state index in [0.717, 1.165) is 104 Å². The SMILES string of the molecule is CC(=O)NCCN1CCC2(CC1)CC(C(=O)NCc1ccc3c(-c4cccc(C(N)=S)c4)cn(C4CCN(S(C)=O)CC4)c3c1)C2. The van der Waals surface area contributed by atoms with E-state index in [0.29, 0.717) is 29.5 Å². The maximum absolute atomic E-state index is 13.2. The molecule has 1 unspecified atom stereocenters. The van der Waals surface area contributed by atoms with Crippen LogP contribution in [-0.2, 0) is 27.1 Å². The molecule has 2 aromatic carbocycles. The Kier molecular flexibility index (Phi) is 9.94. The molecule has 1 aliphatic carbocycles. The van der Waals surface area contributed by atoms with Crippen LogP contribution in [0.15, 0.2) is 48.7 Å². The summed E-state index contributed by atoms with van der Waals surface area (Å²) in [4.78, 5) is 27.2. The van der Waals surface area contributed by atoms with Crippen molar-refractivity contribution in [3.63, 3.8) is 0 Å². The molecule has 11 heteroatoms. The van der Waals surface area contributed by atoms with Gasteiger partial charge in [0.1, 0.15) is 4.99 Å². The fraction of sp³-hybridized carbons (Fsp3) is 0.514. The Bertz CT molecular complexity index is 1630. The molecule has 1 saturated carbocycles. The van der Waals surface area contributed by atoms with E-state index in [1.807, 2.05) is 16.4 Å². The average Bonchev–Trinajstić information content (AvgIpc) is 3.42. The lowest BCUT2D eigenvalue weighted by molar-refractivity contribution is -0.135. The van der Waals surface area contributed by atoms with Crippen molar-refractivity contribution in [2.24, 2.45) is 17.1 Å². The normalized spacial score (nSPS) is 20.0. The van der Waals surface area contributed by atoms with Gasteiger partial charge < -0.3 is 25.8 Å². The molecular formula is C35H46N6O3S2. The topological polar surface area (TPSA) is 113 Å². The summed E-state index contributed by atoms with van der Waals surface area (Å²) in [5, 5.41) is 7.28. The molecule has 2 aliphatic heterocycles. The van der Waals surface area contributed by atoms with Crippen molar-refractivity contribution in [3.8, 4) is 11.1 Å². The van der Waals surface area contributed by atoms with E-state index >= 15 is 0 Å². The van der Waals surface area contributed by atoms with Crippen LogP contribution in [0, 0.1) is 11.3 Å². The zero-order chi connectivity index (χ0) is 32.4. The minimum atomic E-state index is -0.956. The van der Waals surface area contributed by atoms with Crippen LogP contribution in [0.3, 0.4) is 0 Å². The van der Waals surface area contributed by atoms with Gasteiger partial charge in [-0.25, -0.2) is 8.51 Å². The number of hydrogen-bond donors (Lipinski definition) is 3. The summed E-state index contributed by atoms with van der Waals surface area (Å²) in [5.41, 5.74) is 11.5. The van der Waals surface area contributed by atoms with Crippen molar-refractivity contribution in [1.82, 2.24) is 24.4 Å². The number of carbonyl (C=O) groups excluding carboxylic acids is 2. The first-order valence-electron chi connectivity index (χ1n) is 16.5. The minimum Gasteiger partial charge on any atom is -0.389 e. The zero-order valence-corrected chi connectivity index (χ0v) is 28.6. The van der Waals surface area contributed by atoms with E-state index in [-0.39, 0.29) is 17.7 Å². The van der Waals surface area contributed by atoms with Crippen molar-refractivity contribution >= 4 is 50.9 Å². The van der Waals surface area contributed by atoms with Gasteiger partial charge in [0.15, 0.2) is 0 Å². The fourth-order valence-electron chi connectivity index (χ4n) is 7.71. The van der Waals surface area contributed by atoms with Gasteiger partial charge in [0.2, 0.25) is 11.8 Å². The standard InChI is InChI=1S/C35H46N6O3S2/c1-24(42)37-12-17-39-15-10-35(11-16-39)20-28(21-35)34(43)38-22-25-6-7-30-31(26-4-3-5-27(19-26)33(36)45)23-41(32(30)18-25)29-8-13-40(14-9-29)46(2)44/h3-7,18-19,23,28-29H,8-17,20-22H2,1-2H3,(H2,36,45)(H,37,42)(H,38,43). The van der Waals surface area contributed by atoms with Gasteiger partial charge in [-0.15, -0.1) is 0 Å². The number of likely N-dealkylation sites (tertiary alicyclic amines) is 1. The summed E-state index contributed by atoms with van der Waals surface area (Å²) in [6.07, 6.45) is 10.0. The highest BCUT2D eigenvalue weighted by atomic mass is 32.2. The van der Waals surface area contributed by atoms with Crippen LogP contribution < -0.4 is 16.4 Å². The lowest BCUT2D eigenvalue weighted by Crippen LogP contribution is -2.51. The number of fused-ring (bicyclic) bond motifs is 1. The molecule has 1 spiro atoms. The highest BCUT2D eigenvalue weighted by Crippen LogP contribution is 2.52. The molecule has 1 atom stereocenters. The Morgan fingerprint density at radius 3 is 2.46 bits per heavy atom. The van der Waals surface area contributed by atoms with Crippen molar-refractivity contribution in [1.29, 1.82) is 0 Å². The Labute approximate surface area is 279 Å². The Morgan fingerprint density at radius 1 is 1.04 bits per heavy atom. The fourth-order valence-corrected chi connectivity index (χ4v) is 8.56. The number of thiocarbonyl (C=S) groups is 1. The molecule has 9 nitrogen and oxygen atoms in total. The quantitative estimate of drug-likeness (QED) is 0.282. The largest absolute Gasteiger partial charge is 0.389 e. The summed E-state index contributed by atoms with van der Waals surface area (Å²) in [6, 6.07) is 14.9. The average molecular weight is 663 g/mol. The van der Waals surface area contributed by atoms with Crippen molar-refractivity contribution in [2.75, 3.05) is 45.5 Å². The lowest BCUT2D eigenvalue weighted by Gasteiger charge is -2.51. The molecule has 2 saturated heterocycles. The Hall–Kier alpha value is -3.12. The van der Waals surface area contributed by atoms with E-state index in [2.05, 4.69) is 56.6 Å². The van der Waals surface area contributed by atoms with Gasteiger partial charge in [-0.1, -0.05) is 42.5 Å². The number of benzene rings is 2. The van der Waals surface area contributed by atoms with Gasteiger partial charge in [0, 0.05) is 86.1 Å². The number of piperidine rings is 2. The summed E-state index contributed by atoms with van der Waals surface area (Å²) in [6.45, 7) is 7.31. The molecule has 3 aliphatic rings. The highest BCUT2D eigenvalue weighted by molar-refractivity contribution is 7.81. The monoisotopic (exact) mass is 662 g/mol. The Morgan fingerprint density at radius 2 is 1.78 bits per heavy atom. The third-order valence-electron chi connectivity index (χ3n) is 10.5. The van der Waals surface area contributed by atoms with Crippen LogP contribution in [0.4, 0.5) is 0 Å². The first kappa shape index (κ1) is 32.8. The molecule has 0 bridgehead atoms. The van der Waals surface area contributed by atoms with Gasteiger partial charge >= 0.3 is 0 Å². The van der Waals surface area contributed by atoms with E-state index in [1.165, 1.54) is 0 Å². The van der Waals surface area contributed by atoms with Gasteiger partial charge in [-0.3, -0.25) is 9.59 Å². The number of carbonyl (C=O) groups is 2. The molecule has 3 heterocycles. The molecule has 2 amide bonds. The summed E-state index contributed by atoms with van der Waals surface area (Å²) in [7, 11) is -0.956. The number of nitrogens with zero attached hydrogens (tertiary/aromatic N) is 3. The van der Waals surface area contributed by atoms with E-state index in [4.69, 9.17) is 18.0 Å². The summed E-state index contributed by atoms with van der Waals surface area (Å²) in [5.74, 6) is 0.260. The number of aromatic nitrogens is 1. The van der Waals surface area contributed by atoms with E-state index < -0.39 is 11.0 Å². The molecule has 0 radical (unpaired) electrons. The van der Waals surface area contributed by atoms with Crippen LogP contribution in [-0.4, -0.2) is 80.3 Å². The number of rotatable bonds is 10. The van der Waals surface area contributed by atoms with Crippen LogP contribution in [0.1, 0.15) is 62.6 Å². The van der Waals surface area contributed by atoms with Gasteiger partial charge in [0.25, 0.3) is 0 Å². The first-order valence-corrected chi connectivity index (χ1v) is 18.4. The maximum atomic E-state index is 13.2. The van der Waals surface area contributed by atoms with Crippen molar-refractivity contribution < 1.29 is 13.8 Å². The smallest absolute Gasteiger partial charge is 0.223 e. The zero-order valence-electron chi connectivity index (χ0n) is 26.9. The molecule has 6 rings (SSSR count). The van der Waals surface area contributed by atoms with Gasteiger partial charge in [-0.2, -0.15) is 0 Å². The number of nitrogens with two attached hydrogens (primary N) is 1.